The number of benzene rings is 1. The van der Waals surface area contributed by atoms with Gasteiger partial charge in [-0.3, -0.25) is 5.10 Å². The van der Waals surface area contributed by atoms with Crippen LogP contribution in [-0.4, -0.2) is 21.3 Å². The fraction of sp³-hybridized carbons (Fsp3) is 0.375. The molecule has 1 aromatic heterocycles. The largest absolute Gasteiger partial charge is 0.478 e. The first-order valence-electron chi connectivity index (χ1n) is 6.60. The van der Waals surface area contributed by atoms with Crippen molar-refractivity contribution in [2.24, 2.45) is 0 Å². The highest BCUT2D eigenvalue weighted by Crippen LogP contribution is 2.33. The molecule has 0 bridgehead atoms. The molecule has 2 N–H and O–H groups in total. The average Bonchev–Trinajstić information content (AvgIpc) is 2.75. The second-order valence-corrected chi connectivity index (χ2v) is 6.20. The molecule has 4 nitrogen and oxygen atoms in total. The molecule has 1 aromatic carbocycles. The van der Waals surface area contributed by atoms with Crippen LogP contribution < -0.4 is 0 Å². The first kappa shape index (κ1) is 14.3. The number of nitrogens with zero attached hydrogens (tertiary/aromatic N) is 1. The Bertz CT molecular complexity index is 640. The lowest BCUT2D eigenvalue weighted by atomic mass is 9.83. The number of aryl methyl sites for hydroxylation is 2. The van der Waals surface area contributed by atoms with E-state index in [0.717, 1.165) is 16.7 Å². The minimum atomic E-state index is -0.965. The summed E-state index contributed by atoms with van der Waals surface area (Å²) in [5.41, 5.74) is 5.13. The summed E-state index contributed by atoms with van der Waals surface area (Å²) in [5, 5.41) is 15.9. The lowest BCUT2D eigenvalue weighted by Gasteiger charge is -2.22. The summed E-state index contributed by atoms with van der Waals surface area (Å²) in [5.74, 6) is -0.965. The Labute approximate surface area is 118 Å². The summed E-state index contributed by atoms with van der Waals surface area (Å²) in [6, 6.07) is 4.24. The maximum atomic E-state index is 11.2. The number of aromatic nitrogens is 2. The topological polar surface area (TPSA) is 66.0 Å². The molecule has 0 aliphatic rings. The Balaban J connectivity index is 2.65. The van der Waals surface area contributed by atoms with Gasteiger partial charge in [0.15, 0.2) is 0 Å². The molecule has 0 aliphatic carbocycles. The van der Waals surface area contributed by atoms with Gasteiger partial charge in [-0.2, -0.15) is 5.10 Å². The molecule has 0 saturated heterocycles. The number of H-pyrrole nitrogens is 1. The normalized spacial score (nSPS) is 11.7. The van der Waals surface area contributed by atoms with Gasteiger partial charge < -0.3 is 5.11 Å². The number of aromatic carboxylic acids is 1. The zero-order chi connectivity index (χ0) is 15.1. The van der Waals surface area contributed by atoms with Crippen LogP contribution in [-0.2, 0) is 5.41 Å². The maximum Gasteiger partial charge on any atom is 0.339 e. The molecule has 0 saturated carbocycles. The number of rotatable bonds is 2. The van der Waals surface area contributed by atoms with Gasteiger partial charge in [-0.25, -0.2) is 4.79 Å². The van der Waals surface area contributed by atoms with Crippen molar-refractivity contribution in [2.45, 2.75) is 40.0 Å². The molecular formula is C16H20N2O2. The number of carboxylic acids is 1. The number of aromatic amines is 1. The summed E-state index contributed by atoms with van der Waals surface area (Å²) in [6.07, 6.45) is 1.36. The first-order chi connectivity index (χ1) is 9.21. The number of carbonyl (C=O) groups is 1. The molecule has 0 atom stereocenters. The number of nitrogens with one attached hydrogen (secondary N) is 1. The van der Waals surface area contributed by atoms with E-state index in [9.17, 15) is 9.90 Å². The van der Waals surface area contributed by atoms with Crippen LogP contribution in [0.3, 0.4) is 0 Å². The van der Waals surface area contributed by atoms with E-state index in [1.54, 1.807) is 0 Å². The predicted octanol–water partition coefficient (Wildman–Crippen LogP) is 3.69. The summed E-state index contributed by atoms with van der Waals surface area (Å²) in [7, 11) is 0. The molecule has 0 aliphatic heterocycles. The van der Waals surface area contributed by atoms with Gasteiger partial charge in [-0.05, 0) is 36.0 Å². The highest BCUT2D eigenvalue weighted by molar-refractivity contribution is 5.95. The summed E-state index contributed by atoms with van der Waals surface area (Å²) in [6.45, 7) is 10.5. The monoisotopic (exact) mass is 272 g/mol. The van der Waals surface area contributed by atoms with Crippen molar-refractivity contribution in [3.63, 3.8) is 0 Å². The van der Waals surface area contributed by atoms with Gasteiger partial charge in [0.05, 0.1) is 11.9 Å². The Morgan fingerprint density at radius 3 is 2.20 bits per heavy atom. The summed E-state index contributed by atoms with van der Waals surface area (Å²) >= 11 is 0. The third-order valence-corrected chi connectivity index (χ3v) is 3.52. The van der Waals surface area contributed by atoms with E-state index in [4.69, 9.17) is 0 Å². The first-order valence-corrected chi connectivity index (χ1v) is 6.60. The van der Waals surface area contributed by atoms with Crippen LogP contribution in [0.25, 0.3) is 11.3 Å². The molecule has 0 amide bonds. The molecule has 2 aromatic rings. The molecule has 2 rings (SSSR count). The number of hydrogen-bond donors (Lipinski definition) is 2. The Hall–Kier alpha value is -2.10. The highest BCUT2D eigenvalue weighted by Gasteiger charge is 2.20. The molecule has 0 unspecified atom stereocenters. The van der Waals surface area contributed by atoms with Gasteiger partial charge in [-0.15, -0.1) is 0 Å². The zero-order valence-corrected chi connectivity index (χ0v) is 12.5. The Kier molecular flexibility index (Phi) is 3.42. The molecule has 0 radical (unpaired) electrons. The van der Waals surface area contributed by atoms with Crippen molar-refractivity contribution < 1.29 is 9.90 Å². The minimum absolute atomic E-state index is 0.0671. The molecule has 106 valence electrons. The van der Waals surface area contributed by atoms with Crippen molar-refractivity contribution >= 4 is 5.97 Å². The Morgan fingerprint density at radius 1 is 1.20 bits per heavy atom. The van der Waals surface area contributed by atoms with Crippen molar-refractivity contribution in [1.29, 1.82) is 0 Å². The smallest absolute Gasteiger partial charge is 0.339 e. The van der Waals surface area contributed by atoms with Crippen molar-refractivity contribution in [2.75, 3.05) is 0 Å². The van der Waals surface area contributed by atoms with Crippen LogP contribution in [0.2, 0.25) is 0 Å². The van der Waals surface area contributed by atoms with E-state index < -0.39 is 5.97 Å². The predicted molar refractivity (Wildman–Crippen MR) is 79.2 cm³/mol. The lowest BCUT2D eigenvalue weighted by molar-refractivity contribution is 0.0698. The zero-order valence-electron chi connectivity index (χ0n) is 12.5. The van der Waals surface area contributed by atoms with E-state index >= 15 is 0 Å². The van der Waals surface area contributed by atoms with E-state index in [-0.39, 0.29) is 11.0 Å². The number of hydrogen-bond acceptors (Lipinski definition) is 2. The quantitative estimate of drug-likeness (QED) is 0.876. The third-order valence-electron chi connectivity index (χ3n) is 3.52. The number of carboxylic acid groups (broad SMARTS) is 1. The molecule has 20 heavy (non-hydrogen) atoms. The van der Waals surface area contributed by atoms with Gasteiger partial charge in [0.25, 0.3) is 0 Å². The maximum absolute atomic E-state index is 11.2. The molecule has 4 heteroatoms. The van der Waals surface area contributed by atoms with Gasteiger partial charge in [0.2, 0.25) is 0 Å². The van der Waals surface area contributed by atoms with Crippen molar-refractivity contribution in [3.8, 4) is 11.3 Å². The summed E-state index contributed by atoms with van der Waals surface area (Å²) < 4.78 is 0. The molecule has 1 heterocycles. The minimum Gasteiger partial charge on any atom is -0.478 e. The van der Waals surface area contributed by atoms with E-state index in [1.165, 1.54) is 11.8 Å². The van der Waals surface area contributed by atoms with Crippen LogP contribution in [0, 0.1) is 13.8 Å². The SMILES string of the molecule is Cc1cc(C(C)(C)C)cc(C)c1-c1[nH]ncc1C(=O)O. The van der Waals surface area contributed by atoms with Crippen molar-refractivity contribution in [3.05, 3.63) is 40.6 Å². The van der Waals surface area contributed by atoms with E-state index in [2.05, 4.69) is 43.1 Å². The van der Waals surface area contributed by atoms with Crippen LogP contribution in [0.4, 0.5) is 0 Å². The van der Waals surface area contributed by atoms with Crippen LogP contribution in [0.5, 0.6) is 0 Å². The molecule has 0 spiro atoms. The van der Waals surface area contributed by atoms with Crippen molar-refractivity contribution in [1.82, 2.24) is 10.2 Å². The van der Waals surface area contributed by atoms with Gasteiger partial charge in [-0.1, -0.05) is 32.9 Å². The van der Waals surface area contributed by atoms with E-state index in [0.29, 0.717) is 5.69 Å². The van der Waals surface area contributed by atoms with Gasteiger partial charge in [0.1, 0.15) is 5.56 Å². The molecular weight excluding hydrogens is 252 g/mol. The average molecular weight is 272 g/mol. The molecule has 0 fully saturated rings. The van der Waals surface area contributed by atoms with Crippen LogP contribution in [0.1, 0.15) is 47.8 Å². The fourth-order valence-electron chi connectivity index (χ4n) is 2.43. The van der Waals surface area contributed by atoms with Gasteiger partial charge in [0, 0.05) is 5.56 Å². The third kappa shape index (κ3) is 2.46. The van der Waals surface area contributed by atoms with E-state index in [1.807, 2.05) is 13.8 Å². The summed E-state index contributed by atoms with van der Waals surface area (Å²) in [4.78, 5) is 11.2. The fourth-order valence-corrected chi connectivity index (χ4v) is 2.43. The Morgan fingerprint density at radius 2 is 1.75 bits per heavy atom. The second-order valence-electron chi connectivity index (χ2n) is 6.20. The lowest BCUT2D eigenvalue weighted by Crippen LogP contribution is -2.12. The second kappa shape index (κ2) is 4.78. The van der Waals surface area contributed by atoms with Crippen LogP contribution in [0.15, 0.2) is 18.3 Å². The van der Waals surface area contributed by atoms with Crippen LogP contribution >= 0.6 is 0 Å². The standard InChI is InChI=1S/C16H20N2O2/c1-9-6-11(16(3,4)5)7-10(2)13(9)14-12(15(19)20)8-17-18-14/h6-8H,1-5H3,(H,17,18)(H,19,20). The van der Waals surface area contributed by atoms with Gasteiger partial charge >= 0.3 is 5.97 Å². The highest BCUT2D eigenvalue weighted by atomic mass is 16.4.